The first-order valence-corrected chi connectivity index (χ1v) is 8.50. The van der Waals surface area contributed by atoms with Crippen LogP contribution in [0.25, 0.3) is 0 Å². The van der Waals surface area contributed by atoms with Crippen LogP contribution in [0.15, 0.2) is 28.6 Å². The monoisotopic (exact) mass is 473 g/mol. The van der Waals surface area contributed by atoms with E-state index in [4.69, 9.17) is 5.26 Å². The van der Waals surface area contributed by atoms with Crippen molar-refractivity contribution in [2.75, 3.05) is 13.6 Å². The lowest BCUT2D eigenvalue weighted by Crippen LogP contribution is -2.38. The molecule has 1 N–H and O–H groups in total. The summed E-state index contributed by atoms with van der Waals surface area (Å²) < 4.78 is 13.9. The molecule has 0 saturated carbocycles. The second-order valence-electron chi connectivity index (χ2n) is 5.30. The number of halogens is 2. The van der Waals surface area contributed by atoms with Crippen molar-refractivity contribution >= 4 is 41.3 Å². The Kier molecular flexibility index (Phi) is 8.78. The van der Waals surface area contributed by atoms with E-state index in [1.807, 2.05) is 37.2 Å². The summed E-state index contributed by atoms with van der Waals surface area (Å²) in [6.07, 6.45) is 0. The van der Waals surface area contributed by atoms with Gasteiger partial charge in [0, 0.05) is 24.5 Å². The Bertz CT molecular complexity index is 769. The van der Waals surface area contributed by atoms with Gasteiger partial charge in [-0.15, -0.1) is 35.3 Å². The molecule has 0 amide bonds. The molecule has 1 aromatic heterocycles. The van der Waals surface area contributed by atoms with Crippen LogP contribution in [0.5, 0.6) is 0 Å². The average Bonchev–Trinajstić information content (AvgIpc) is 2.97. The number of nitrogens with zero attached hydrogens (tertiary/aromatic N) is 4. The van der Waals surface area contributed by atoms with Gasteiger partial charge in [-0.2, -0.15) is 5.26 Å². The fourth-order valence-electron chi connectivity index (χ4n) is 2.19. The molecular weight excluding hydrogens is 452 g/mol. The molecule has 0 bridgehead atoms. The van der Waals surface area contributed by atoms with Gasteiger partial charge in [-0.05, 0) is 32.0 Å². The number of nitriles is 1. The molecule has 0 spiro atoms. The van der Waals surface area contributed by atoms with Gasteiger partial charge in [-0.1, -0.05) is 0 Å². The molecule has 2 aromatic rings. The number of hydrogen-bond acceptors (Lipinski definition) is 4. The van der Waals surface area contributed by atoms with E-state index in [-0.39, 0.29) is 36.3 Å². The summed E-state index contributed by atoms with van der Waals surface area (Å²) in [5, 5.41) is 15.2. The summed E-state index contributed by atoms with van der Waals surface area (Å²) in [5.41, 5.74) is 1.81. The smallest absolute Gasteiger partial charge is 0.194 e. The van der Waals surface area contributed by atoms with Crippen LogP contribution in [0.3, 0.4) is 0 Å². The number of guanidine groups is 1. The van der Waals surface area contributed by atoms with Crippen LogP contribution in [0.2, 0.25) is 0 Å². The number of rotatable bonds is 5. The van der Waals surface area contributed by atoms with Gasteiger partial charge >= 0.3 is 0 Å². The van der Waals surface area contributed by atoms with Gasteiger partial charge in [0.2, 0.25) is 0 Å². The predicted octanol–water partition coefficient (Wildman–Crippen LogP) is 3.68. The van der Waals surface area contributed by atoms with Crippen molar-refractivity contribution in [2.24, 2.45) is 4.99 Å². The van der Waals surface area contributed by atoms with Gasteiger partial charge in [-0.3, -0.25) is 0 Å². The molecule has 0 aliphatic rings. The van der Waals surface area contributed by atoms with Gasteiger partial charge in [0.25, 0.3) is 0 Å². The lowest BCUT2D eigenvalue weighted by Gasteiger charge is -2.21. The molecule has 5 nitrogen and oxygen atoms in total. The quantitative estimate of drug-likeness (QED) is 0.409. The normalized spacial score (nSPS) is 10.8. The first kappa shape index (κ1) is 21.3. The van der Waals surface area contributed by atoms with Gasteiger partial charge in [-0.25, -0.2) is 14.4 Å². The second kappa shape index (κ2) is 10.3. The van der Waals surface area contributed by atoms with E-state index >= 15 is 0 Å². The second-order valence-corrected chi connectivity index (χ2v) is 6.36. The SMILES string of the molecule is CCNC(=NCc1cc(C#N)ccc1F)N(C)Cc1csc(C)n1.I. The third-order valence-electron chi connectivity index (χ3n) is 3.34. The molecule has 0 unspecified atom stereocenters. The first-order valence-electron chi connectivity index (χ1n) is 7.62. The van der Waals surface area contributed by atoms with E-state index in [1.165, 1.54) is 18.2 Å². The Morgan fingerprint density at radius 3 is 2.84 bits per heavy atom. The Balaban J connectivity index is 0.00000312. The van der Waals surface area contributed by atoms with Crippen molar-refractivity contribution in [3.8, 4) is 6.07 Å². The molecule has 8 heteroatoms. The Morgan fingerprint density at radius 1 is 1.48 bits per heavy atom. The molecule has 2 rings (SSSR count). The summed E-state index contributed by atoms with van der Waals surface area (Å²) >= 11 is 1.61. The molecule has 1 aromatic carbocycles. The molecule has 134 valence electrons. The third kappa shape index (κ3) is 6.25. The number of aryl methyl sites for hydroxylation is 1. The van der Waals surface area contributed by atoms with Gasteiger partial charge in [0.15, 0.2) is 5.96 Å². The van der Waals surface area contributed by atoms with Gasteiger partial charge in [0.1, 0.15) is 5.82 Å². The minimum absolute atomic E-state index is 0. The van der Waals surface area contributed by atoms with Crippen LogP contribution in [-0.2, 0) is 13.1 Å². The van der Waals surface area contributed by atoms with E-state index in [1.54, 1.807) is 11.3 Å². The molecule has 0 atom stereocenters. The number of aromatic nitrogens is 1. The van der Waals surface area contributed by atoms with Crippen molar-refractivity contribution in [3.05, 3.63) is 51.2 Å². The number of nitrogens with one attached hydrogen (secondary N) is 1. The van der Waals surface area contributed by atoms with E-state index in [9.17, 15) is 4.39 Å². The van der Waals surface area contributed by atoms with Crippen LogP contribution in [0, 0.1) is 24.1 Å². The molecule has 0 aliphatic heterocycles. The van der Waals surface area contributed by atoms with Crippen molar-refractivity contribution in [1.82, 2.24) is 15.2 Å². The van der Waals surface area contributed by atoms with Crippen molar-refractivity contribution in [3.63, 3.8) is 0 Å². The zero-order valence-corrected chi connectivity index (χ0v) is 17.6. The standard InChI is InChI=1S/C17H20FN5S.HI/c1-4-20-17(23(3)10-15-11-24-12(2)22-15)21-9-14-7-13(8-19)5-6-16(14)18;/h5-7,11H,4,9-10H2,1-3H3,(H,20,21);1H. The molecule has 25 heavy (non-hydrogen) atoms. The van der Waals surface area contributed by atoms with Crippen molar-refractivity contribution in [2.45, 2.75) is 26.9 Å². The number of hydrogen-bond donors (Lipinski definition) is 1. The first-order chi connectivity index (χ1) is 11.5. The van der Waals surface area contributed by atoms with Gasteiger partial charge < -0.3 is 10.2 Å². The summed E-state index contributed by atoms with van der Waals surface area (Å²) in [5.74, 6) is 0.316. The van der Waals surface area contributed by atoms with Crippen LogP contribution in [0.1, 0.15) is 28.8 Å². The van der Waals surface area contributed by atoms with E-state index in [0.717, 1.165) is 10.7 Å². The lowest BCUT2D eigenvalue weighted by molar-refractivity contribution is 0.470. The van der Waals surface area contributed by atoms with Crippen LogP contribution < -0.4 is 5.32 Å². The fourth-order valence-corrected chi connectivity index (χ4v) is 2.80. The summed E-state index contributed by atoms with van der Waals surface area (Å²) in [7, 11) is 1.91. The van der Waals surface area contributed by atoms with Crippen LogP contribution >= 0.6 is 35.3 Å². The maximum absolute atomic E-state index is 13.9. The molecule has 0 aliphatic carbocycles. The number of aliphatic imine (C=N–C) groups is 1. The zero-order valence-electron chi connectivity index (χ0n) is 14.4. The van der Waals surface area contributed by atoms with E-state index in [0.29, 0.717) is 30.2 Å². The maximum Gasteiger partial charge on any atom is 0.194 e. The Labute approximate surface area is 168 Å². The highest BCUT2D eigenvalue weighted by Crippen LogP contribution is 2.13. The Morgan fingerprint density at radius 2 is 2.24 bits per heavy atom. The highest BCUT2D eigenvalue weighted by Gasteiger charge is 2.10. The van der Waals surface area contributed by atoms with Crippen LogP contribution in [0.4, 0.5) is 4.39 Å². The highest BCUT2D eigenvalue weighted by atomic mass is 127. The molecule has 0 radical (unpaired) electrons. The Hall–Kier alpha value is -1.73. The van der Waals surface area contributed by atoms with Crippen molar-refractivity contribution in [1.29, 1.82) is 5.26 Å². The largest absolute Gasteiger partial charge is 0.357 e. The number of thiazole rings is 1. The lowest BCUT2D eigenvalue weighted by atomic mass is 10.1. The molecular formula is C17H21FIN5S. The van der Waals surface area contributed by atoms with E-state index in [2.05, 4.69) is 15.3 Å². The average molecular weight is 473 g/mol. The minimum atomic E-state index is -0.355. The highest BCUT2D eigenvalue weighted by molar-refractivity contribution is 14.0. The van der Waals surface area contributed by atoms with Crippen LogP contribution in [-0.4, -0.2) is 29.4 Å². The summed E-state index contributed by atoms with van der Waals surface area (Å²) in [6.45, 7) is 5.45. The molecule has 0 fully saturated rings. The molecule has 0 saturated heterocycles. The maximum atomic E-state index is 13.9. The van der Waals surface area contributed by atoms with E-state index < -0.39 is 0 Å². The third-order valence-corrected chi connectivity index (χ3v) is 4.16. The minimum Gasteiger partial charge on any atom is -0.357 e. The topological polar surface area (TPSA) is 64.3 Å². The molecule has 1 heterocycles. The fraction of sp³-hybridized carbons (Fsp3) is 0.353. The van der Waals surface area contributed by atoms with Crippen molar-refractivity contribution < 1.29 is 4.39 Å². The predicted molar refractivity (Wildman–Crippen MR) is 110 cm³/mol. The summed E-state index contributed by atoms with van der Waals surface area (Å²) in [6, 6.07) is 6.32. The number of benzene rings is 1. The summed E-state index contributed by atoms with van der Waals surface area (Å²) in [4.78, 5) is 10.9. The zero-order chi connectivity index (χ0) is 17.5. The van der Waals surface area contributed by atoms with Gasteiger partial charge in [0.05, 0.1) is 35.4 Å².